The zero-order valence-corrected chi connectivity index (χ0v) is 17.6. The predicted molar refractivity (Wildman–Crippen MR) is 121 cm³/mol. The largest absolute Gasteiger partial charge is 0.387 e. The van der Waals surface area contributed by atoms with Crippen LogP contribution in [-0.2, 0) is 16.1 Å². The van der Waals surface area contributed by atoms with Crippen molar-refractivity contribution in [1.82, 2.24) is 10.2 Å². The number of likely N-dealkylation sites (tertiary alicyclic amines) is 1. The number of rotatable bonds is 7. The van der Waals surface area contributed by atoms with Crippen molar-refractivity contribution in [2.24, 2.45) is 0 Å². The summed E-state index contributed by atoms with van der Waals surface area (Å²) in [6, 6.07) is 19.3. The Hall–Kier alpha value is -3.63. The van der Waals surface area contributed by atoms with Gasteiger partial charge in [-0.15, -0.1) is 0 Å². The fourth-order valence-corrected chi connectivity index (χ4v) is 3.49. The van der Waals surface area contributed by atoms with Crippen molar-refractivity contribution < 1.29 is 9.59 Å². The van der Waals surface area contributed by atoms with E-state index in [4.69, 9.17) is 0 Å². The van der Waals surface area contributed by atoms with Gasteiger partial charge in [0.1, 0.15) is 11.6 Å². The molecule has 0 saturated carbocycles. The maximum atomic E-state index is 12.4. The number of amides is 2. The van der Waals surface area contributed by atoms with E-state index < -0.39 is 5.91 Å². The lowest BCUT2D eigenvalue weighted by atomic mass is 10.0. The Labute approximate surface area is 182 Å². The summed E-state index contributed by atoms with van der Waals surface area (Å²) in [6.07, 6.45) is 3.42. The number of nitrogens with zero attached hydrogens (tertiary/aromatic N) is 2. The van der Waals surface area contributed by atoms with E-state index in [-0.39, 0.29) is 17.5 Å². The van der Waals surface area contributed by atoms with Crippen LogP contribution >= 0.6 is 0 Å². The monoisotopic (exact) mass is 417 g/mol. The Morgan fingerprint density at radius 3 is 2.23 bits per heavy atom. The van der Waals surface area contributed by atoms with Gasteiger partial charge in [-0.3, -0.25) is 14.5 Å². The van der Waals surface area contributed by atoms with Gasteiger partial charge in [0.2, 0.25) is 5.91 Å². The SMILES string of the molecule is CC(=O)Nc1ccc(NC(=O)/C(C#N)=C\NC2CCN(Cc3ccccc3)CC2)cc1. The lowest BCUT2D eigenvalue weighted by molar-refractivity contribution is -0.114. The minimum atomic E-state index is -0.469. The van der Waals surface area contributed by atoms with E-state index in [1.54, 1.807) is 24.3 Å². The third-order valence-electron chi connectivity index (χ3n) is 5.13. The molecule has 1 fully saturated rings. The fraction of sp³-hybridized carbons (Fsp3) is 0.292. The van der Waals surface area contributed by atoms with Gasteiger partial charge in [-0.05, 0) is 42.7 Å². The number of benzene rings is 2. The molecule has 3 N–H and O–H groups in total. The highest BCUT2D eigenvalue weighted by molar-refractivity contribution is 6.06. The predicted octanol–water partition coefficient (Wildman–Crippen LogP) is 3.25. The molecule has 1 heterocycles. The highest BCUT2D eigenvalue weighted by Gasteiger charge is 2.19. The maximum absolute atomic E-state index is 12.4. The summed E-state index contributed by atoms with van der Waals surface area (Å²) in [6.45, 7) is 4.31. The van der Waals surface area contributed by atoms with Crippen LogP contribution in [0.1, 0.15) is 25.3 Å². The van der Waals surface area contributed by atoms with Crippen molar-refractivity contribution in [3.05, 3.63) is 71.9 Å². The smallest absolute Gasteiger partial charge is 0.267 e. The molecule has 3 rings (SSSR count). The average Bonchev–Trinajstić information content (AvgIpc) is 2.77. The summed E-state index contributed by atoms with van der Waals surface area (Å²) in [5, 5.41) is 18.0. The van der Waals surface area contributed by atoms with Gasteiger partial charge in [-0.25, -0.2) is 0 Å². The number of anilines is 2. The number of carbonyl (C=O) groups is 2. The second-order valence-electron chi connectivity index (χ2n) is 7.59. The highest BCUT2D eigenvalue weighted by Crippen LogP contribution is 2.16. The van der Waals surface area contributed by atoms with E-state index >= 15 is 0 Å². The number of carbonyl (C=O) groups excluding carboxylic acids is 2. The Morgan fingerprint density at radius 1 is 1.03 bits per heavy atom. The first-order valence-electron chi connectivity index (χ1n) is 10.3. The molecule has 1 aliphatic heterocycles. The lowest BCUT2D eigenvalue weighted by Crippen LogP contribution is -2.40. The molecular formula is C24H27N5O2. The van der Waals surface area contributed by atoms with Gasteiger partial charge in [0, 0.05) is 50.2 Å². The normalized spacial score (nSPS) is 15.0. The summed E-state index contributed by atoms with van der Waals surface area (Å²) in [7, 11) is 0. The minimum Gasteiger partial charge on any atom is -0.387 e. The Balaban J connectivity index is 1.47. The number of hydrogen-bond donors (Lipinski definition) is 3. The zero-order valence-electron chi connectivity index (χ0n) is 17.6. The molecule has 160 valence electrons. The van der Waals surface area contributed by atoms with Crippen LogP contribution in [0.4, 0.5) is 11.4 Å². The van der Waals surface area contributed by atoms with Crippen molar-refractivity contribution in [2.45, 2.75) is 32.4 Å². The van der Waals surface area contributed by atoms with Gasteiger partial charge in [0.05, 0.1) is 0 Å². The van der Waals surface area contributed by atoms with E-state index in [2.05, 4.69) is 45.1 Å². The number of piperidine rings is 1. The van der Waals surface area contributed by atoms with Crippen molar-refractivity contribution in [3.63, 3.8) is 0 Å². The van der Waals surface area contributed by atoms with Crippen LogP contribution in [-0.4, -0.2) is 35.8 Å². The van der Waals surface area contributed by atoms with E-state index in [1.165, 1.54) is 18.7 Å². The van der Waals surface area contributed by atoms with Gasteiger partial charge < -0.3 is 16.0 Å². The summed E-state index contributed by atoms with van der Waals surface area (Å²) in [4.78, 5) is 25.9. The molecule has 0 bridgehead atoms. The molecule has 0 aliphatic carbocycles. The molecule has 2 amide bonds. The molecule has 0 unspecified atom stereocenters. The molecule has 0 atom stereocenters. The number of nitriles is 1. The molecule has 0 aromatic heterocycles. The Bertz CT molecular complexity index is 956. The second kappa shape index (κ2) is 11.0. The van der Waals surface area contributed by atoms with E-state index in [0.717, 1.165) is 32.5 Å². The Kier molecular flexibility index (Phi) is 7.79. The third-order valence-corrected chi connectivity index (χ3v) is 5.13. The third kappa shape index (κ3) is 6.98. The second-order valence-corrected chi connectivity index (χ2v) is 7.59. The van der Waals surface area contributed by atoms with Crippen molar-refractivity contribution in [3.8, 4) is 6.07 Å². The lowest BCUT2D eigenvalue weighted by Gasteiger charge is -2.32. The molecule has 2 aromatic carbocycles. The molecular weight excluding hydrogens is 390 g/mol. The van der Waals surface area contributed by atoms with Crippen molar-refractivity contribution in [2.75, 3.05) is 23.7 Å². The first-order valence-corrected chi connectivity index (χ1v) is 10.3. The first-order chi connectivity index (χ1) is 15.0. The summed E-state index contributed by atoms with van der Waals surface area (Å²) < 4.78 is 0. The standard InChI is InChI=1S/C24H27N5O2/c1-18(30)27-22-7-9-23(10-8-22)28-24(31)20(15-25)16-26-21-11-13-29(14-12-21)17-19-5-3-2-4-6-19/h2-10,16,21,26H,11-14,17H2,1H3,(H,27,30)(H,28,31)/b20-16-. The van der Waals surface area contributed by atoms with Gasteiger partial charge >= 0.3 is 0 Å². The average molecular weight is 418 g/mol. The first kappa shape index (κ1) is 22.1. The summed E-state index contributed by atoms with van der Waals surface area (Å²) in [5.41, 5.74) is 2.52. The minimum absolute atomic E-state index is 0.0256. The quantitative estimate of drug-likeness (QED) is 0.475. The van der Waals surface area contributed by atoms with Crippen LogP contribution in [0.2, 0.25) is 0 Å². The van der Waals surface area contributed by atoms with E-state index in [0.29, 0.717) is 11.4 Å². The maximum Gasteiger partial charge on any atom is 0.267 e. The summed E-state index contributed by atoms with van der Waals surface area (Å²) >= 11 is 0. The van der Waals surface area contributed by atoms with E-state index in [1.807, 2.05) is 12.1 Å². The highest BCUT2D eigenvalue weighted by atomic mass is 16.2. The Morgan fingerprint density at radius 2 is 1.65 bits per heavy atom. The molecule has 7 nitrogen and oxygen atoms in total. The zero-order chi connectivity index (χ0) is 22.1. The van der Waals surface area contributed by atoms with Crippen molar-refractivity contribution in [1.29, 1.82) is 5.26 Å². The number of nitrogens with one attached hydrogen (secondary N) is 3. The molecule has 1 saturated heterocycles. The topological polar surface area (TPSA) is 97.3 Å². The molecule has 31 heavy (non-hydrogen) atoms. The molecule has 7 heteroatoms. The van der Waals surface area contributed by atoms with Gasteiger partial charge in [0.15, 0.2) is 0 Å². The molecule has 2 aromatic rings. The van der Waals surface area contributed by atoms with Crippen LogP contribution in [0.25, 0.3) is 0 Å². The summed E-state index contributed by atoms with van der Waals surface area (Å²) in [5.74, 6) is -0.632. The van der Waals surface area contributed by atoms with Gasteiger partial charge in [-0.2, -0.15) is 5.26 Å². The van der Waals surface area contributed by atoms with Crippen LogP contribution in [0.3, 0.4) is 0 Å². The van der Waals surface area contributed by atoms with Crippen LogP contribution in [0, 0.1) is 11.3 Å². The van der Waals surface area contributed by atoms with Crippen molar-refractivity contribution >= 4 is 23.2 Å². The van der Waals surface area contributed by atoms with Crippen LogP contribution < -0.4 is 16.0 Å². The number of hydrogen-bond acceptors (Lipinski definition) is 5. The molecule has 0 spiro atoms. The van der Waals surface area contributed by atoms with Crippen LogP contribution in [0.15, 0.2) is 66.4 Å². The van der Waals surface area contributed by atoms with Gasteiger partial charge in [0.25, 0.3) is 5.91 Å². The van der Waals surface area contributed by atoms with E-state index in [9.17, 15) is 14.9 Å². The fourth-order valence-electron chi connectivity index (χ4n) is 3.49. The molecule has 1 aliphatic rings. The molecule has 0 radical (unpaired) electrons. The van der Waals surface area contributed by atoms with Crippen LogP contribution in [0.5, 0.6) is 0 Å². The van der Waals surface area contributed by atoms with Gasteiger partial charge in [-0.1, -0.05) is 30.3 Å².